The first-order valence-electron chi connectivity index (χ1n) is 7.80. The molecule has 0 bridgehead atoms. The number of alkyl carbamates (subject to hydrolysis) is 1. The number of aromatic nitrogens is 1. The summed E-state index contributed by atoms with van der Waals surface area (Å²) in [6.45, 7) is 6.55. The highest BCUT2D eigenvalue weighted by Crippen LogP contribution is 2.04. The Morgan fingerprint density at radius 3 is 2.61 bits per heavy atom. The van der Waals surface area contributed by atoms with Crippen molar-refractivity contribution in [2.24, 2.45) is 5.92 Å². The average molecular weight is 319 g/mol. The summed E-state index contributed by atoms with van der Waals surface area (Å²) in [6, 6.07) is 3.47. The van der Waals surface area contributed by atoms with Crippen LogP contribution in [0.3, 0.4) is 0 Å². The maximum atomic E-state index is 11.9. The summed E-state index contributed by atoms with van der Waals surface area (Å²) in [5, 5.41) is 5.56. The molecule has 23 heavy (non-hydrogen) atoms. The van der Waals surface area contributed by atoms with Crippen molar-refractivity contribution in [1.29, 1.82) is 0 Å². The molecule has 0 aliphatic rings. The Morgan fingerprint density at radius 2 is 2.00 bits per heavy atom. The molecule has 0 aliphatic heterocycles. The van der Waals surface area contributed by atoms with Crippen molar-refractivity contribution in [2.45, 2.75) is 33.2 Å². The molecule has 1 heterocycles. The Kier molecular flexibility index (Phi) is 8.42. The molecule has 0 saturated heterocycles. The third-order valence-corrected chi connectivity index (χ3v) is 3.01. The number of rotatable bonds is 8. The zero-order valence-corrected chi connectivity index (χ0v) is 13.9. The summed E-state index contributed by atoms with van der Waals surface area (Å²) in [5.74, 6) is 0.187. The van der Waals surface area contributed by atoms with Gasteiger partial charge in [-0.2, -0.15) is 0 Å². The fourth-order valence-corrected chi connectivity index (χ4v) is 2.03. The van der Waals surface area contributed by atoms with E-state index in [9.17, 15) is 9.59 Å². The highest BCUT2D eigenvalue weighted by Gasteiger charge is 2.15. The van der Waals surface area contributed by atoms with Gasteiger partial charge in [0.15, 0.2) is 0 Å². The van der Waals surface area contributed by atoms with E-state index < -0.39 is 6.09 Å². The predicted octanol–water partition coefficient (Wildman–Crippen LogP) is 2.37. The summed E-state index contributed by atoms with van der Waals surface area (Å²) in [7, 11) is 0. The van der Waals surface area contributed by atoms with Crippen LogP contribution in [-0.4, -0.2) is 36.2 Å². The van der Waals surface area contributed by atoms with E-state index in [-0.39, 0.29) is 11.9 Å². The van der Waals surface area contributed by atoms with Gasteiger partial charge in [-0.25, -0.2) is 4.79 Å². The van der Waals surface area contributed by atoms with Crippen molar-refractivity contribution in [3.05, 3.63) is 36.2 Å². The van der Waals surface area contributed by atoms with E-state index in [0.717, 1.165) is 12.0 Å². The monoisotopic (exact) mass is 319 g/mol. The number of hydrogen-bond acceptors (Lipinski definition) is 4. The van der Waals surface area contributed by atoms with Crippen LogP contribution in [0.15, 0.2) is 30.6 Å². The van der Waals surface area contributed by atoms with Crippen LogP contribution < -0.4 is 10.6 Å². The maximum absolute atomic E-state index is 11.9. The topological polar surface area (TPSA) is 80.3 Å². The largest absolute Gasteiger partial charge is 0.450 e. The molecule has 1 aromatic heterocycles. The standard InChI is InChI=1S/C17H25N3O3/c1-4-23-17(22)20-15(11-13(2)3)12-19-16(21)6-5-14-7-9-18-10-8-14/h5-10,13,15H,4,11-12H2,1-3H3,(H,19,21)(H,20,22)/b6-5+. The van der Waals surface area contributed by atoms with Crippen molar-refractivity contribution in [3.63, 3.8) is 0 Å². The molecule has 6 heteroatoms. The van der Waals surface area contributed by atoms with Gasteiger partial charge in [0.2, 0.25) is 5.91 Å². The fourth-order valence-electron chi connectivity index (χ4n) is 2.03. The first-order valence-corrected chi connectivity index (χ1v) is 7.80. The van der Waals surface area contributed by atoms with Crippen LogP contribution in [0, 0.1) is 5.92 Å². The molecule has 0 radical (unpaired) electrons. The van der Waals surface area contributed by atoms with Crippen LogP contribution >= 0.6 is 0 Å². The lowest BCUT2D eigenvalue weighted by atomic mass is 10.0. The lowest BCUT2D eigenvalue weighted by molar-refractivity contribution is -0.116. The minimum Gasteiger partial charge on any atom is -0.450 e. The Morgan fingerprint density at radius 1 is 1.30 bits per heavy atom. The molecular formula is C17H25N3O3. The molecule has 1 unspecified atom stereocenters. The Balaban J connectivity index is 2.47. The lowest BCUT2D eigenvalue weighted by Gasteiger charge is -2.20. The second-order valence-corrected chi connectivity index (χ2v) is 5.55. The molecular weight excluding hydrogens is 294 g/mol. The van der Waals surface area contributed by atoms with Crippen LogP contribution in [0.25, 0.3) is 6.08 Å². The molecule has 0 saturated carbocycles. The van der Waals surface area contributed by atoms with E-state index in [4.69, 9.17) is 4.74 Å². The first kappa shape index (κ1) is 18.7. The van der Waals surface area contributed by atoms with Gasteiger partial charge in [-0.05, 0) is 43.0 Å². The second-order valence-electron chi connectivity index (χ2n) is 5.55. The van der Waals surface area contributed by atoms with E-state index in [1.807, 2.05) is 12.1 Å². The molecule has 2 N–H and O–H groups in total. The first-order chi connectivity index (χ1) is 11.0. The van der Waals surface area contributed by atoms with Crippen molar-refractivity contribution >= 4 is 18.1 Å². The van der Waals surface area contributed by atoms with Gasteiger partial charge in [0.25, 0.3) is 0 Å². The van der Waals surface area contributed by atoms with E-state index >= 15 is 0 Å². The van der Waals surface area contributed by atoms with Crippen LogP contribution in [0.4, 0.5) is 4.79 Å². The summed E-state index contributed by atoms with van der Waals surface area (Å²) in [6.07, 6.45) is 6.81. The molecule has 1 atom stereocenters. The third-order valence-electron chi connectivity index (χ3n) is 3.01. The quantitative estimate of drug-likeness (QED) is 0.721. The number of nitrogens with zero attached hydrogens (tertiary/aromatic N) is 1. The Bertz CT molecular complexity index is 515. The third kappa shape index (κ3) is 8.60. The summed E-state index contributed by atoms with van der Waals surface area (Å²) in [5.41, 5.74) is 0.901. The summed E-state index contributed by atoms with van der Waals surface area (Å²) in [4.78, 5) is 27.3. The molecule has 1 aromatic rings. The lowest BCUT2D eigenvalue weighted by Crippen LogP contribution is -2.44. The number of carbonyl (C=O) groups excluding carboxylic acids is 2. The molecule has 0 spiro atoms. The zero-order valence-electron chi connectivity index (χ0n) is 13.9. The van der Waals surface area contributed by atoms with Crippen LogP contribution in [0.5, 0.6) is 0 Å². The van der Waals surface area contributed by atoms with Gasteiger partial charge in [-0.1, -0.05) is 13.8 Å². The molecule has 0 aromatic carbocycles. The van der Waals surface area contributed by atoms with Gasteiger partial charge in [0, 0.05) is 31.1 Å². The van der Waals surface area contributed by atoms with Gasteiger partial charge in [-0.3, -0.25) is 9.78 Å². The van der Waals surface area contributed by atoms with Crippen LogP contribution in [0.1, 0.15) is 32.8 Å². The summed E-state index contributed by atoms with van der Waals surface area (Å²) < 4.78 is 4.88. The van der Waals surface area contributed by atoms with E-state index in [2.05, 4.69) is 29.5 Å². The van der Waals surface area contributed by atoms with E-state index in [1.54, 1.807) is 25.4 Å². The van der Waals surface area contributed by atoms with Gasteiger partial charge in [0.05, 0.1) is 6.61 Å². The minimum absolute atomic E-state index is 0.160. The zero-order chi connectivity index (χ0) is 17.1. The number of amides is 2. The molecule has 0 aliphatic carbocycles. The van der Waals surface area contributed by atoms with E-state index in [1.165, 1.54) is 6.08 Å². The highest BCUT2D eigenvalue weighted by molar-refractivity contribution is 5.91. The second kappa shape index (κ2) is 10.4. The normalized spacial score (nSPS) is 12.2. The van der Waals surface area contributed by atoms with E-state index in [0.29, 0.717) is 19.1 Å². The summed E-state index contributed by atoms with van der Waals surface area (Å²) >= 11 is 0. The maximum Gasteiger partial charge on any atom is 0.407 e. The molecule has 0 fully saturated rings. The van der Waals surface area contributed by atoms with Crippen LogP contribution in [-0.2, 0) is 9.53 Å². The van der Waals surface area contributed by atoms with Gasteiger partial charge < -0.3 is 15.4 Å². The van der Waals surface area contributed by atoms with Crippen LogP contribution in [0.2, 0.25) is 0 Å². The number of hydrogen-bond donors (Lipinski definition) is 2. The highest BCUT2D eigenvalue weighted by atomic mass is 16.5. The van der Waals surface area contributed by atoms with Gasteiger partial charge in [-0.15, -0.1) is 0 Å². The van der Waals surface area contributed by atoms with Crippen molar-refractivity contribution in [3.8, 4) is 0 Å². The predicted molar refractivity (Wildman–Crippen MR) is 89.7 cm³/mol. The van der Waals surface area contributed by atoms with Crippen molar-refractivity contribution in [1.82, 2.24) is 15.6 Å². The van der Waals surface area contributed by atoms with Crippen molar-refractivity contribution < 1.29 is 14.3 Å². The fraction of sp³-hybridized carbons (Fsp3) is 0.471. The Labute approximate surface area is 137 Å². The number of ether oxygens (including phenoxy) is 1. The smallest absolute Gasteiger partial charge is 0.407 e. The number of pyridine rings is 1. The molecule has 126 valence electrons. The molecule has 2 amide bonds. The number of nitrogens with one attached hydrogen (secondary N) is 2. The molecule has 1 rings (SSSR count). The van der Waals surface area contributed by atoms with Gasteiger partial charge >= 0.3 is 6.09 Å². The van der Waals surface area contributed by atoms with Crippen molar-refractivity contribution in [2.75, 3.05) is 13.2 Å². The molecule has 6 nitrogen and oxygen atoms in total. The minimum atomic E-state index is -0.459. The number of carbonyl (C=O) groups is 2. The Hall–Kier alpha value is -2.37. The van der Waals surface area contributed by atoms with Gasteiger partial charge in [0.1, 0.15) is 0 Å². The SMILES string of the molecule is CCOC(=O)NC(CNC(=O)/C=C/c1ccncc1)CC(C)C. The average Bonchev–Trinajstić information content (AvgIpc) is 2.51.